The van der Waals surface area contributed by atoms with E-state index >= 15 is 0 Å². The van der Waals surface area contributed by atoms with Crippen molar-refractivity contribution >= 4 is 28.8 Å². The van der Waals surface area contributed by atoms with E-state index in [4.69, 9.17) is 10.8 Å². The zero-order chi connectivity index (χ0) is 15.6. The van der Waals surface area contributed by atoms with Gasteiger partial charge in [-0.15, -0.1) is 11.8 Å². The highest BCUT2D eigenvalue weighted by atomic mass is 32.2. The summed E-state index contributed by atoms with van der Waals surface area (Å²) in [7, 11) is 0. The van der Waals surface area contributed by atoms with Crippen molar-refractivity contribution in [1.82, 2.24) is 9.97 Å². The molecule has 0 aliphatic rings. The lowest BCUT2D eigenvalue weighted by Gasteiger charge is -2.27. The number of nitrogens with zero attached hydrogens (tertiary/aromatic N) is 1. The molecule has 21 heavy (non-hydrogen) atoms. The third-order valence-electron chi connectivity index (χ3n) is 3.27. The van der Waals surface area contributed by atoms with Crippen LogP contribution >= 0.6 is 11.8 Å². The van der Waals surface area contributed by atoms with Crippen molar-refractivity contribution in [3.05, 3.63) is 40.3 Å². The number of nitrogens with one attached hydrogen (secondary N) is 1. The van der Waals surface area contributed by atoms with Crippen molar-refractivity contribution in [2.45, 2.75) is 30.4 Å². The largest absolute Gasteiger partial charge is 0.480 e. The van der Waals surface area contributed by atoms with Gasteiger partial charge < -0.3 is 15.8 Å². The van der Waals surface area contributed by atoms with Crippen LogP contribution in [-0.4, -0.2) is 31.8 Å². The SMILES string of the molecule is CC(C)(SCc1nc2ccccc2[nH]c1=O)[C@@H](N)C(=O)O. The van der Waals surface area contributed by atoms with E-state index in [1.165, 1.54) is 11.8 Å². The number of benzene rings is 1. The summed E-state index contributed by atoms with van der Waals surface area (Å²) >= 11 is 1.30. The minimum absolute atomic E-state index is 0.263. The van der Waals surface area contributed by atoms with Crippen molar-refractivity contribution in [3.8, 4) is 0 Å². The lowest BCUT2D eigenvalue weighted by molar-refractivity contribution is -0.139. The van der Waals surface area contributed by atoms with Crippen molar-refractivity contribution in [1.29, 1.82) is 0 Å². The van der Waals surface area contributed by atoms with Crippen LogP contribution in [0.25, 0.3) is 11.0 Å². The molecule has 0 spiro atoms. The summed E-state index contributed by atoms with van der Waals surface area (Å²) < 4.78 is -0.703. The molecule has 0 bridgehead atoms. The smallest absolute Gasteiger partial charge is 0.321 e. The predicted molar refractivity (Wildman–Crippen MR) is 83.3 cm³/mol. The fraction of sp³-hybridized carbons (Fsp3) is 0.357. The molecule has 0 radical (unpaired) electrons. The van der Waals surface area contributed by atoms with Crippen LogP contribution in [-0.2, 0) is 10.5 Å². The highest BCUT2D eigenvalue weighted by Gasteiger charge is 2.32. The van der Waals surface area contributed by atoms with Gasteiger partial charge in [0.15, 0.2) is 0 Å². The highest BCUT2D eigenvalue weighted by molar-refractivity contribution is 7.99. The van der Waals surface area contributed by atoms with Crippen LogP contribution in [0.15, 0.2) is 29.1 Å². The second-order valence-electron chi connectivity index (χ2n) is 5.24. The van der Waals surface area contributed by atoms with Gasteiger partial charge in [0.05, 0.1) is 11.0 Å². The van der Waals surface area contributed by atoms with E-state index < -0.39 is 16.8 Å². The fourth-order valence-corrected chi connectivity index (χ4v) is 2.79. The Hall–Kier alpha value is -1.86. The lowest BCUT2D eigenvalue weighted by atomic mass is 10.1. The minimum Gasteiger partial charge on any atom is -0.480 e. The molecule has 4 N–H and O–H groups in total. The van der Waals surface area contributed by atoms with E-state index in [1.807, 2.05) is 18.2 Å². The summed E-state index contributed by atoms with van der Waals surface area (Å²) in [6, 6.07) is 6.25. The zero-order valence-electron chi connectivity index (χ0n) is 11.8. The van der Waals surface area contributed by atoms with Crippen LogP contribution in [0.4, 0.5) is 0 Å². The number of fused-ring (bicyclic) bond motifs is 1. The zero-order valence-corrected chi connectivity index (χ0v) is 12.6. The molecule has 6 nitrogen and oxygen atoms in total. The van der Waals surface area contributed by atoms with Gasteiger partial charge in [0, 0.05) is 10.5 Å². The molecule has 2 aromatic rings. The summed E-state index contributed by atoms with van der Waals surface area (Å²) in [6.45, 7) is 3.48. The summed E-state index contributed by atoms with van der Waals surface area (Å²) in [4.78, 5) is 30.0. The van der Waals surface area contributed by atoms with Gasteiger partial charge in [-0.05, 0) is 26.0 Å². The first-order chi connectivity index (χ1) is 9.81. The minimum atomic E-state index is -1.06. The monoisotopic (exact) mass is 307 g/mol. The number of rotatable bonds is 5. The Balaban J connectivity index is 2.22. The van der Waals surface area contributed by atoms with Crippen LogP contribution in [0, 0.1) is 0 Å². The third kappa shape index (κ3) is 3.43. The Morgan fingerprint density at radius 1 is 1.48 bits per heavy atom. The molecule has 2 rings (SSSR count). The molecule has 0 amide bonds. The summed E-state index contributed by atoms with van der Waals surface area (Å²) in [5, 5.41) is 8.99. The van der Waals surface area contributed by atoms with E-state index in [0.717, 1.165) is 0 Å². The number of nitrogens with two attached hydrogens (primary N) is 1. The molecule has 1 heterocycles. The van der Waals surface area contributed by atoms with Crippen molar-refractivity contribution < 1.29 is 9.90 Å². The number of aliphatic carboxylic acids is 1. The molecule has 0 saturated carbocycles. The van der Waals surface area contributed by atoms with E-state index in [1.54, 1.807) is 19.9 Å². The topological polar surface area (TPSA) is 109 Å². The normalized spacial score (nSPS) is 13.3. The maximum absolute atomic E-state index is 12.0. The van der Waals surface area contributed by atoms with Gasteiger partial charge in [0.1, 0.15) is 11.7 Å². The van der Waals surface area contributed by atoms with E-state index in [0.29, 0.717) is 22.5 Å². The Morgan fingerprint density at radius 2 is 2.14 bits per heavy atom. The molecule has 0 aliphatic heterocycles. The molecule has 1 aromatic heterocycles. The number of hydrogen-bond donors (Lipinski definition) is 3. The molecule has 0 saturated heterocycles. The molecular weight excluding hydrogens is 290 g/mol. The summed E-state index contributed by atoms with van der Waals surface area (Å²) in [6.07, 6.45) is 0. The van der Waals surface area contributed by atoms with Crippen molar-refractivity contribution in [3.63, 3.8) is 0 Å². The number of aromatic amines is 1. The van der Waals surface area contributed by atoms with Crippen LogP contribution in [0.5, 0.6) is 0 Å². The Kier molecular flexibility index (Phi) is 4.34. The number of carboxylic acids is 1. The van der Waals surface area contributed by atoms with Gasteiger partial charge in [-0.1, -0.05) is 12.1 Å². The number of carboxylic acid groups (broad SMARTS) is 1. The maximum Gasteiger partial charge on any atom is 0.321 e. The molecule has 7 heteroatoms. The second-order valence-corrected chi connectivity index (χ2v) is 6.87. The number of H-pyrrole nitrogens is 1. The highest BCUT2D eigenvalue weighted by Crippen LogP contribution is 2.29. The third-order valence-corrected chi connectivity index (χ3v) is 4.68. The quantitative estimate of drug-likeness (QED) is 0.769. The Morgan fingerprint density at radius 3 is 2.81 bits per heavy atom. The van der Waals surface area contributed by atoms with Crippen LogP contribution < -0.4 is 11.3 Å². The first-order valence-electron chi connectivity index (χ1n) is 6.41. The number of hydrogen-bond acceptors (Lipinski definition) is 5. The van der Waals surface area contributed by atoms with Crippen molar-refractivity contribution in [2.24, 2.45) is 5.73 Å². The van der Waals surface area contributed by atoms with Gasteiger partial charge >= 0.3 is 5.97 Å². The molecule has 0 unspecified atom stereocenters. The summed E-state index contributed by atoms with van der Waals surface area (Å²) in [5.41, 5.74) is 7.14. The first kappa shape index (κ1) is 15.5. The predicted octanol–water partition coefficient (Wildman–Crippen LogP) is 1.35. The van der Waals surface area contributed by atoms with E-state index in [-0.39, 0.29) is 5.56 Å². The average Bonchev–Trinajstić information content (AvgIpc) is 2.44. The van der Waals surface area contributed by atoms with Gasteiger partial charge in [-0.2, -0.15) is 0 Å². The van der Waals surface area contributed by atoms with Gasteiger partial charge in [0.2, 0.25) is 0 Å². The number of thioether (sulfide) groups is 1. The second kappa shape index (κ2) is 5.87. The van der Waals surface area contributed by atoms with Gasteiger partial charge in [-0.25, -0.2) is 4.98 Å². The summed E-state index contributed by atoms with van der Waals surface area (Å²) in [5.74, 6) is -0.762. The Labute approximate surface area is 125 Å². The lowest BCUT2D eigenvalue weighted by Crippen LogP contribution is -2.46. The molecule has 0 aliphatic carbocycles. The van der Waals surface area contributed by atoms with Crippen molar-refractivity contribution in [2.75, 3.05) is 0 Å². The molecule has 112 valence electrons. The van der Waals surface area contributed by atoms with Crippen LogP contribution in [0.2, 0.25) is 0 Å². The molecular formula is C14H17N3O3S. The van der Waals surface area contributed by atoms with E-state index in [2.05, 4.69) is 9.97 Å². The van der Waals surface area contributed by atoms with Crippen LogP contribution in [0.1, 0.15) is 19.5 Å². The standard InChI is InChI=1S/C14H17N3O3S/c1-14(2,11(15)13(19)20)21-7-10-12(18)17-9-6-4-3-5-8(9)16-10/h3-6,11H,7,15H2,1-2H3,(H,17,18)(H,19,20)/t11-/m0/s1. The number of aromatic nitrogens is 2. The average molecular weight is 307 g/mol. The Bertz CT molecular complexity index is 727. The molecule has 0 fully saturated rings. The number of para-hydroxylation sites is 2. The van der Waals surface area contributed by atoms with Crippen LogP contribution in [0.3, 0.4) is 0 Å². The maximum atomic E-state index is 12.0. The first-order valence-corrected chi connectivity index (χ1v) is 7.40. The molecule has 1 atom stereocenters. The van der Waals surface area contributed by atoms with Gasteiger partial charge in [-0.3, -0.25) is 9.59 Å². The molecule has 1 aromatic carbocycles. The van der Waals surface area contributed by atoms with Gasteiger partial charge in [0.25, 0.3) is 5.56 Å². The number of carbonyl (C=O) groups is 1. The van der Waals surface area contributed by atoms with E-state index in [9.17, 15) is 9.59 Å². The fourth-order valence-electron chi connectivity index (χ4n) is 1.81.